The fraction of sp³-hybridized carbons (Fsp3) is 0.235. The van der Waals surface area contributed by atoms with E-state index < -0.39 is 11.6 Å². The lowest BCUT2D eigenvalue weighted by Gasteiger charge is -2.13. The van der Waals surface area contributed by atoms with Gasteiger partial charge in [0.2, 0.25) is 0 Å². The Balaban J connectivity index is 2.33. The summed E-state index contributed by atoms with van der Waals surface area (Å²) in [6.45, 7) is 4.75. The van der Waals surface area contributed by atoms with E-state index in [2.05, 4.69) is 10.3 Å². The Morgan fingerprint density at radius 3 is 2.61 bits per heavy atom. The summed E-state index contributed by atoms with van der Waals surface area (Å²) < 4.78 is 26.3. The van der Waals surface area contributed by atoms with Gasteiger partial charge in [0.05, 0.1) is 22.7 Å². The van der Waals surface area contributed by atoms with E-state index in [-0.39, 0.29) is 0 Å². The molecule has 0 heterocycles. The molecule has 0 saturated heterocycles. The Bertz CT molecular complexity index is 732. The Morgan fingerprint density at radius 2 is 1.96 bits per heavy atom. The highest BCUT2D eigenvalue weighted by Gasteiger charge is 2.09. The highest BCUT2D eigenvalue weighted by atomic mass is 35.5. The molecule has 6 heteroatoms. The summed E-state index contributed by atoms with van der Waals surface area (Å²) in [6, 6.07) is 7.29. The van der Waals surface area contributed by atoms with Crippen LogP contribution in [-0.2, 0) is 0 Å². The lowest BCUT2D eigenvalue weighted by atomic mass is 10.2. The van der Waals surface area contributed by atoms with E-state index in [9.17, 15) is 8.78 Å². The third-order valence-electron chi connectivity index (χ3n) is 3.29. The zero-order chi connectivity index (χ0) is 17.0. The van der Waals surface area contributed by atoms with E-state index in [0.717, 1.165) is 24.2 Å². The molecule has 0 aliphatic rings. The molecule has 0 saturated carbocycles. The van der Waals surface area contributed by atoms with Crippen LogP contribution in [-0.4, -0.2) is 24.8 Å². The van der Waals surface area contributed by atoms with Crippen molar-refractivity contribution < 1.29 is 8.78 Å². The summed E-state index contributed by atoms with van der Waals surface area (Å²) in [7, 11) is 1.91. The number of halogens is 3. The van der Waals surface area contributed by atoms with Crippen molar-refractivity contribution in [3.63, 3.8) is 0 Å². The summed E-state index contributed by atoms with van der Waals surface area (Å²) in [5.41, 5.74) is 2.56. The molecule has 122 valence electrons. The van der Waals surface area contributed by atoms with Crippen molar-refractivity contribution in [2.24, 2.45) is 4.99 Å². The fourth-order valence-electron chi connectivity index (χ4n) is 1.91. The Hall–Kier alpha value is -2.14. The first-order chi connectivity index (χ1) is 10.9. The van der Waals surface area contributed by atoms with Gasteiger partial charge in [0.15, 0.2) is 11.6 Å². The van der Waals surface area contributed by atoms with Gasteiger partial charge in [-0.1, -0.05) is 11.6 Å². The van der Waals surface area contributed by atoms with E-state index in [1.165, 1.54) is 6.07 Å². The van der Waals surface area contributed by atoms with Crippen LogP contribution in [0.2, 0.25) is 5.02 Å². The minimum Gasteiger partial charge on any atom is -0.366 e. The first-order valence-electron chi connectivity index (χ1n) is 7.17. The lowest BCUT2D eigenvalue weighted by Crippen LogP contribution is -2.14. The molecule has 0 aromatic heterocycles. The quantitative estimate of drug-likeness (QED) is 0.593. The van der Waals surface area contributed by atoms with Crippen LogP contribution in [0, 0.1) is 18.6 Å². The molecule has 0 amide bonds. The third-order valence-corrected chi connectivity index (χ3v) is 3.69. The maximum absolute atomic E-state index is 13.3. The summed E-state index contributed by atoms with van der Waals surface area (Å²) in [5.74, 6) is -1.81. The SMILES string of the molecule is CCN(C)/C=N\c1cc(C)cc(Nc2ccc(F)c(F)c2)c1Cl. The standard InChI is InChI=1S/C17H18ClF2N3/c1-4-23(3)10-21-15-7-11(2)8-16(17(15)18)22-12-5-6-13(19)14(20)9-12/h5-10,22H,4H2,1-3H3/b21-10-. The Kier molecular flexibility index (Phi) is 5.55. The van der Waals surface area contributed by atoms with Crippen molar-refractivity contribution >= 4 is 35.0 Å². The lowest BCUT2D eigenvalue weighted by molar-refractivity contribution is 0.509. The number of benzene rings is 2. The van der Waals surface area contributed by atoms with Gasteiger partial charge in [-0.15, -0.1) is 0 Å². The highest BCUT2D eigenvalue weighted by Crippen LogP contribution is 2.35. The van der Waals surface area contributed by atoms with Crippen LogP contribution in [0.3, 0.4) is 0 Å². The number of anilines is 2. The molecule has 3 nitrogen and oxygen atoms in total. The monoisotopic (exact) mass is 337 g/mol. The van der Waals surface area contributed by atoms with Crippen LogP contribution in [0.5, 0.6) is 0 Å². The van der Waals surface area contributed by atoms with Crippen LogP contribution >= 0.6 is 11.6 Å². The molecular formula is C17H18ClF2N3. The van der Waals surface area contributed by atoms with Crippen molar-refractivity contribution in [1.29, 1.82) is 0 Å². The molecule has 0 bridgehead atoms. The van der Waals surface area contributed by atoms with E-state index in [1.807, 2.05) is 37.9 Å². The topological polar surface area (TPSA) is 27.6 Å². The molecule has 23 heavy (non-hydrogen) atoms. The van der Waals surface area contributed by atoms with E-state index in [0.29, 0.717) is 22.1 Å². The number of nitrogens with one attached hydrogen (secondary N) is 1. The Morgan fingerprint density at radius 1 is 1.22 bits per heavy atom. The van der Waals surface area contributed by atoms with Crippen LogP contribution < -0.4 is 5.32 Å². The van der Waals surface area contributed by atoms with Gasteiger partial charge in [-0.2, -0.15) is 0 Å². The van der Waals surface area contributed by atoms with Gasteiger partial charge in [0.25, 0.3) is 0 Å². The van der Waals surface area contributed by atoms with Gasteiger partial charge < -0.3 is 10.2 Å². The Labute approximate surface area is 139 Å². The number of rotatable bonds is 5. The molecule has 1 N–H and O–H groups in total. The van der Waals surface area contributed by atoms with Crippen molar-refractivity contribution in [3.8, 4) is 0 Å². The molecular weight excluding hydrogens is 320 g/mol. The van der Waals surface area contributed by atoms with Gasteiger partial charge in [-0.25, -0.2) is 13.8 Å². The van der Waals surface area contributed by atoms with Crippen molar-refractivity contribution in [2.45, 2.75) is 13.8 Å². The number of hydrogen-bond donors (Lipinski definition) is 1. The first kappa shape index (κ1) is 17.2. The van der Waals surface area contributed by atoms with Crippen LogP contribution in [0.1, 0.15) is 12.5 Å². The zero-order valence-corrected chi connectivity index (χ0v) is 14.0. The zero-order valence-electron chi connectivity index (χ0n) is 13.2. The van der Waals surface area contributed by atoms with E-state index in [1.54, 1.807) is 6.34 Å². The predicted molar refractivity (Wildman–Crippen MR) is 92.3 cm³/mol. The van der Waals surface area contributed by atoms with Crippen molar-refractivity contribution in [1.82, 2.24) is 4.90 Å². The molecule has 0 fully saturated rings. The second-order valence-corrected chi connectivity index (χ2v) is 5.60. The van der Waals surface area contributed by atoms with Crippen LogP contribution in [0.4, 0.5) is 25.8 Å². The molecule has 0 aliphatic heterocycles. The average molecular weight is 338 g/mol. The van der Waals surface area contributed by atoms with E-state index >= 15 is 0 Å². The van der Waals surface area contributed by atoms with Gasteiger partial charge in [0, 0.05) is 25.3 Å². The molecule has 0 atom stereocenters. The number of aryl methyl sites for hydroxylation is 1. The summed E-state index contributed by atoms with van der Waals surface area (Å²) in [4.78, 5) is 6.28. The number of hydrogen-bond acceptors (Lipinski definition) is 2. The summed E-state index contributed by atoms with van der Waals surface area (Å²) in [5, 5.41) is 3.41. The normalized spacial score (nSPS) is 11.0. The first-order valence-corrected chi connectivity index (χ1v) is 7.55. The van der Waals surface area contributed by atoms with Gasteiger partial charge >= 0.3 is 0 Å². The number of nitrogens with zero attached hydrogens (tertiary/aromatic N) is 2. The van der Waals surface area contributed by atoms with Gasteiger partial charge in [-0.3, -0.25) is 0 Å². The van der Waals surface area contributed by atoms with Gasteiger partial charge in [0.1, 0.15) is 0 Å². The summed E-state index contributed by atoms with van der Waals surface area (Å²) >= 11 is 6.37. The molecule has 2 rings (SSSR count). The smallest absolute Gasteiger partial charge is 0.160 e. The van der Waals surface area contributed by atoms with Crippen molar-refractivity contribution in [3.05, 3.63) is 52.6 Å². The van der Waals surface area contributed by atoms with Crippen LogP contribution in [0.25, 0.3) is 0 Å². The fourth-order valence-corrected chi connectivity index (χ4v) is 2.11. The molecule has 2 aromatic rings. The molecule has 0 radical (unpaired) electrons. The molecule has 0 aliphatic carbocycles. The third kappa shape index (κ3) is 4.42. The predicted octanol–water partition coefficient (Wildman–Crippen LogP) is 5.28. The molecule has 0 unspecified atom stereocenters. The largest absolute Gasteiger partial charge is 0.366 e. The molecule has 0 spiro atoms. The highest BCUT2D eigenvalue weighted by molar-refractivity contribution is 6.36. The summed E-state index contributed by atoms with van der Waals surface area (Å²) in [6.07, 6.45) is 1.70. The van der Waals surface area contributed by atoms with Crippen LogP contribution in [0.15, 0.2) is 35.3 Å². The second kappa shape index (κ2) is 7.42. The minimum absolute atomic E-state index is 0.414. The maximum atomic E-state index is 13.3. The number of aliphatic imine (C=N–C) groups is 1. The van der Waals surface area contributed by atoms with Gasteiger partial charge in [-0.05, 0) is 43.7 Å². The van der Waals surface area contributed by atoms with Crippen molar-refractivity contribution in [2.75, 3.05) is 18.9 Å². The van der Waals surface area contributed by atoms with E-state index in [4.69, 9.17) is 11.6 Å². The maximum Gasteiger partial charge on any atom is 0.160 e. The average Bonchev–Trinajstić information content (AvgIpc) is 2.52. The second-order valence-electron chi connectivity index (χ2n) is 5.22. The molecule has 2 aromatic carbocycles. The minimum atomic E-state index is -0.915.